The van der Waals surface area contributed by atoms with E-state index in [2.05, 4.69) is 66.3 Å². The van der Waals surface area contributed by atoms with Gasteiger partial charge < -0.3 is 5.32 Å². The third-order valence-electron chi connectivity index (χ3n) is 4.29. The normalized spacial score (nSPS) is 30.1. The molecule has 1 aliphatic rings. The van der Waals surface area contributed by atoms with Crippen LogP contribution in [0.15, 0.2) is 28.7 Å². The van der Waals surface area contributed by atoms with Gasteiger partial charge in [0.2, 0.25) is 0 Å². The number of hydrogen-bond acceptors (Lipinski definition) is 1. The van der Waals surface area contributed by atoms with Gasteiger partial charge in [-0.3, -0.25) is 0 Å². The minimum Gasteiger partial charge on any atom is -0.307 e. The van der Waals surface area contributed by atoms with Gasteiger partial charge in [-0.05, 0) is 49.3 Å². The van der Waals surface area contributed by atoms with Gasteiger partial charge in [0, 0.05) is 16.6 Å². The molecule has 0 amide bonds. The smallest absolute Gasteiger partial charge is 0.0294 e. The van der Waals surface area contributed by atoms with E-state index in [0.717, 1.165) is 16.3 Å². The molecular formula is C16H24BrN. The van der Waals surface area contributed by atoms with Crippen molar-refractivity contribution in [2.75, 3.05) is 0 Å². The van der Waals surface area contributed by atoms with E-state index in [4.69, 9.17) is 0 Å². The largest absolute Gasteiger partial charge is 0.307 e. The van der Waals surface area contributed by atoms with Gasteiger partial charge in [0.05, 0.1) is 0 Å². The molecule has 0 radical (unpaired) electrons. The maximum atomic E-state index is 3.82. The van der Waals surface area contributed by atoms with Crippen molar-refractivity contribution in [1.82, 2.24) is 5.32 Å². The topological polar surface area (TPSA) is 12.0 Å². The molecule has 0 aromatic heterocycles. The van der Waals surface area contributed by atoms with Gasteiger partial charge in [0.15, 0.2) is 0 Å². The van der Waals surface area contributed by atoms with E-state index >= 15 is 0 Å². The first-order valence-electron chi connectivity index (χ1n) is 7.07. The summed E-state index contributed by atoms with van der Waals surface area (Å²) in [6.45, 7) is 7.04. The summed E-state index contributed by atoms with van der Waals surface area (Å²) < 4.78 is 1.15. The van der Waals surface area contributed by atoms with E-state index in [1.54, 1.807) is 0 Å². The zero-order valence-electron chi connectivity index (χ0n) is 11.6. The maximum Gasteiger partial charge on any atom is 0.0294 e. The third kappa shape index (κ3) is 3.58. The monoisotopic (exact) mass is 309 g/mol. The predicted octanol–water partition coefficient (Wildman–Crippen LogP) is 4.92. The van der Waals surface area contributed by atoms with Crippen LogP contribution in [-0.4, -0.2) is 6.04 Å². The van der Waals surface area contributed by atoms with E-state index in [9.17, 15) is 0 Å². The molecule has 1 saturated carbocycles. The summed E-state index contributed by atoms with van der Waals surface area (Å²) in [5, 5.41) is 3.82. The lowest BCUT2D eigenvalue weighted by atomic mass is 9.79. The minimum absolute atomic E-state index is 0.441. The van der Waals surface area contributed by atoms with Gasteiger partial charge in [-0.1, -0.05) is 48.3 Å². The summed E-state index contributed by atoms with van der Waals surface area (Å²) in [5.41, 5.74) is 1.38. The van der Waals surface area contributed by atoms with Crippen LogP contribution in [0.4, 0.5) is 0 Å². The molecule has 0 saturated heterocycles. The molecule has 3 unspecified atom stereocenters. The van der Waals surface area contributed by atoms with Crippen LogP contribution in [0.2, 0.25) is 0 Å². The zero-order valence-corrected chi connectivity index (χ0v) is 13.2. The molecule has 1 aliphatic carbocycles. The third-order valence-corrected chi connectivity index (χ3v) is 4.82. The highest BCUT2D eigenvalue weighted by Gasteiger charge is 2.26. The average Bonchev–Trinajstić information content (AvgIpc) is 2.34. The molecule has 100 valence electrons. The van der Waals surface area contributed by atoms with Crippen LogP contribution in [0.25, 0.3) is 0 Å². The average molecular weight is 310 g/mol. The molecule has 0 aliphatic heterocycles. The molecule has 4 atom stereocenters. The first-order chi connectivity index (χ1) is 8.56. The molecule has 1 aromatic rings. The second-order valence-electron chi connectivity index (χ2n) is 5.94. The Morgan fingerprint density at radius 1 is 1.17 bits per heavy atom. The first-order valence-corrected chi connectivity index (χ1v) is 7.87. The van der Waals surface area contributed by atoms with Gasteiger partial charge in [0.1, 0.15) is 0 Å². The fourth-order valence-corrected chi connectivity index (χ4v) is 3.20. The SMILES string of the molecule is CC1CCC(C)C(N[C@@H](C)c2ccc(Br)cc2)C1. The highest BCUT2D eigenvalue weighted by atomic mass is 79.9. The second-order valence-corrected chi connectivity index (χ2v) is 6.86. The van der Waals surface area contributed by atoms with Crippen LogP contribution in [0.1, 0.15) is 51.6 Å². The van der Waals surface area contributed by atoms with E-state index in [1.165, 1.54) is 24.8 Å². The Morgan fingerprint density at radius 2 is 1.83 bits per heavy atom. The first kappa shape index (κ1) is 14.1. The highest BCUT2D eigenvalue weighted by molar-refractivity contribution is 9.10. The van der Waals surface area contributed by atoms with Gasteiger partial charge in [-0.2, -0.15) is 0 Å². The Bertz CT molecular complexity index is 373. The van der Waals surface area contributed by atoms with E-state index in [0.29, 0.717) is 12.1 Å². The van der Waals surface area contributed by atoms with Crippen molar-refractivity contribution in [3.05, 3.63) is 34.3 Å². The second kappa shape index (κ2) is 6.21. The molecule has 0 spiro atoms. The number of nitrogens with one attached hydrogen (secondary N) is 1. The Labute approximate surface area is 119 Å². The molecule has 1 nitrogen and oxygen atoms in total. The summed E-state index contributed by atoms with van der Waals surface area (Å²) in [7, 11) is 0. The van der Waals surface area contributed by atoms with Gasteiger partial charge in [0.25, 0.3) is 0 Å². The molecule has 2 heteroatoms. The van der Waals surface area contributed by atoms with Gasteiger partial charge >= 0.3 is 0 Å². The van der Waals surface area contributed by atoms with E-state index in [1.807, 2.05) is 0 Å². The summed E-state index contributed by atoms with van der Waals surface area (Å²) in [5.74, 6) is 1.68. The Kier molecular flexibility index (Phi) is 4.85. The molecule has 0 heterocycles. The summed E-state index contributed by atoms with van der Waals surface area (Å²) in [4.78, 5) is 0. The lowest BCUT2D eigenvalue weighted by Crippen LogP contribution is -2.40. The number of hydrogen-bond donors (Lipinski definition) is 1. The van der Waals surface area contributed by atoms with Crippen molar-refractivity contribution >= 4 is 15.9 Å². The fourth-order valence-electron chi connectivity index (χ4n) is 2.93. The van der Waals surface area contributed by atoms with E-state index in [-0.39, 0.29) is 0 Å². The Hall–Kier alpha value is -0.340. The molecule has 1 aromatic carbocycles. The molecular weight excluding hydrogens is 286 g/mol. The number of halogens is 1. The van der Waals surface area contributed by atoms with Crippen molar-refractivity contribution in [2.45, 2.75) is 52.1 Å². The molecule has 1 N–H and O–H groups in total. The van der Waals surface area contributed by atoms with Gasteiger partial charge in [-0.25, -0.2) is 0 Å². The fraction of sp³-hybridized carbons (Fsp3) is 0.625. The Balaban J connectivity index is 1.97. The van der Waals surface area contributed by atoms with Crippen molar-refractivity contribution < 1.29 is 0 Å². The van der Waals surface area contributed by atoms with Gasteiger partial charge in [-0.15, -0.1) is 0 Å². The Morgan fingerprint density at radius 3 is 2.50 bits per heavy atom. The highest BCUT2D eigenvalue weighted by Crippen LogP contribution is 2.30. The van der Waals surface area contributed by atoms with Crippen molar-refractivity contribution in [3.63, 3.8) is 0 Å². The standard InChI is InChI=1S/C16H24BrN/c1-11-4-5-12(2)16(10-11)18-13(3)14-6-8-15(17)9-7-14/h6-9,11-13,16,18H,4-5,10H2,1-3H3/t11?,12?,13-,16?/m0/s1. The van der Waals surface area contributed by atoms with Crippen LogP contribution < -0.4 is 5.32 Å². The number of benzene rings is 1. The van der Waals surface area contributed by atoms with Crippen molar-refractivity contribution in [3.8, 4) is 0 Å². The summed E-state index contributed by atoms with van der Waals surface area (Å²) in [6, 6.07) is 9.78. The molecule has 1 fully saturated rings. The van der Waals surface area contributed by atoms with Crippen LogP contribution in [0, 0.1) is 11.8 Å². The van der Waals surface area contributed by atoms with Crippen LogP contribution in [0.3, 0.4) is 0 Å². The number of rotatable bonds is 3. The van der Waals surface area contributed by atoms with Crippen molar-refractivity contribution in [2.24, 2.45) is 11.8 Å². The molecule has 2 rings (SSSR count). The van der Waals surface area contributed by atoms with E-state index < -0.39 is 0 Å². The summed E-state index contributed by atoms with van der Waals surface area (Å²) >= 11 is 3.49. The van der Waals surface area contributed by atoms with Crippen LogP contribution >= 0.6 is 15.9 Å². The quantitative estimate of drug-likeness (QED) is 0.835. The maximum absolute atomic E-state index is 3.82. The molecule has 0 bridgehead atoms. The minimum atomic E-state index is 0.441. The summed E-state index contributed by atoms with van der Waals surface area (Å²) in [6.07, 6.45) is 4.08. The predicted molar refractivity (Wildman–Crippen MR) is 81.7 cm³/mol. The van der Waals surface area contributed by atoms with Crippen LogP contribution in [-0.2, 0) is 0 Å². The van der Waals surface area contributed by atoms with Crippen LogP contribution in [0.5, 0.6) is 0 Å². The zero-order chi connectivity index (χ0) is 13.1. The van der Waals surface area contributed by atoms with Crippen molar-refractivity contribution in [1.29, 1.82) is 0 Å². The lowest BCUT2D eigenvalue weighted by molar-refractivity contribution is 0.216. The lowest BCUT2D eigenvalue weighted by Gasteiger charge is -2.35. The molecule has 18 heavy (non-hydrogen) atoms.